The van der Waals surface area contributed by atoms with Crippen molar-refractivity contribution in [2.75, 3.05) is 5.32 Å². The molecular formula is C14H14N2OS. The molecule has 0 unspecified atom stereocenters. The molecule has 4 heteroatoms. The molecule has 1 aromatic heterocycles. The van der Waals surface area contributed by atoms with Gasteiger partial charge in [-0.3, -0.25) is 9.78 Å². The van der Waals surface area contributed by atoms with Gasteiger partial charge in [0.2, 0.25) is 0 Å². The molecule has 1 N–H and O–H groups in total. The Morgan fingerprint density at radius 3 is 2.78 bits per heavy atom. The Balaban J connectivity index is 2.28. The number of carbonyl (C=O) groups excluding carboxylic acids is 1. The molecule has 1 aromatic carbocycles. The molecule has 0 fully saturated rings. The first kappa shape index (κ1) is 12.6. The summed E-state index contributed by atoms with van der Waals surface area (Å²) in [5, 5.41) is 2.86. The summed E-state index contributed by atoms with van der Waals surface area (Å²) < 4.78 is 0. The summed E-state index contributed by atoms with van der Waals surface area (Å²) in [5.74, 6) is -0.139. The summed E-state index contributed by atoms with van der Waals surface area (Å²) in [6, 6.07) is 9.14. The highest BCUT2D eigenvalue weighted by Crippen LogP contribution is 2.17. The maximum atomic E-state index is 12.2. The minimum Gasteiger partial charge on any atom is -0.320 e. The predicted octanol–water partition coefficient (Wildman–Crippen LogP) is 3.24. The Morgan fingerprint density at radius 1 is 1.28 bits per heavy atom. The first-order chi connectivity index (χ1) is 8.58. The van der Waals surface area contributed by atoms with Crippen LogP contribution in [0, 0.1) is 13.8 Å². The summed E-state index contributed by atoms with van der Waals surface area (Å²) in [7, 11) is 0. The molecule has 18 heavy (non-hydrogen) atoms. The van der Waals surface area contributed by atoms with Crippen LogP contribution in [0.15, 0.2) is 41.4 Å². The number of anilines is 1. The zero-order chi connectivity index (χ0) is 13.1. The van der Waals surface area contributed by atoms with Gasteiger partial charge >= 0.3 is 0 Å². The van der Waals surface area contributed by atoms with Crippen molar-refractivity contribution in [3.63, 3.8) is 0 Å². The van der Waals surface area contributed by atoms with Gasteiger partial charge in [0.1, 0.15) is 0 Å². The Hall–Kier alpha value is -1.81. The van der Waals surface area contributed by atoms with Gasteiger partial charge in [-0.05, 0) is 43.7 Å². The van der Waals surface area contributed by atoms with Crippen molar-refractivity contribution in [3.05, 3.63) is 53.3 Å². The quantitative estimate of drug-likeness (QED) is 0.812. The van der Waals surface area contributed by atoms with Crippen LogP contribution in [0.3, 0.4) is 0 Å². The monoisotopic (exact) mass is 258 g/mol. The van der Waals surface area contributed by atoms with Crippen molar-refractivity contribution in [2.45, 2.75) is 18.7 Å². The second-order valence-corrected chi connectivity index (χ2v) is 4.61. The lowest BCUT2D eigenvalue weighted by Crippen LogP contribution is -2.14. The fraction of sp³-hybridized carbons (Fsp3) is 0.143. The molecule has 0 saturated heterocycles. The number of nitrogens with zero attached hydrogens (tertiary/aromatic N) is 1. The van der Waals surface area contributed by atoms with Crippen LogP contribution in [0.4, 0.5) is 5.69 Å². The number of carbonyl (C=O) groups is 1. The van der Waals surface area contributed by atoms with Gasteiger partial charge in [0, 0.05) is 16.7 Å². The number of hydrogen-bond donors (Lipinski definition) is 2. The first-order valence-corrected chi connectivity index (χ1v) is 6.05. The molecule has 1 heterocycles. The maximum absolute atomic E-state index is 12.2. The lowest BCUT2D eigenvalue weighted by molar-refractivity contribution is 0.102. The minimum absolute atomic E-state index is 0.139. The van der Waals surface area contributed by atoms with E-state index in [0.29, 0.717) is 5.56 Å². The molecule has 0 aliphatic heterocycles. The van der Waals surface area contributed by atoms with Crippen LogP contribution in [0.25, 0.3) is 0 Å². The van der Waals surface area contributed by atoms with E-state index in [-0.39, 0.29) is 5.91 Å². The smallest absolute Gasteiger partial charge is 0.256 e. The summed E-state index contributed by atoms with van der Waals surface area (Å²) in [5.41, 5.74) is 3.08. The SMILES string of the molecule is Cc1ccc(S)cc1C(=O)Nc1cccnc1C. The van der Waals surface area contributed by atoms with E-state index in [1.807, 2.05) is 32.0 Å². The lowest BCUT2D eigenvalue weighted by Gasteiger charge is -2.09. The van der Waals surface area contributed by atoms with E-state index < -0.39 is 0 Å². The third-order valence-corrected chi connectivity index (χ3v) is 3.00. The molecule has 3 nitrogen and oxygen atoms in total. The maximum Gasteiger partial charge on any atom is 0.256 e. The molecule has 0 atom stereocenters. The standard InChI is InChI=1S/C14H14N2OS/c1-9-5-6-11(18)8-12(9)14(17)16-13-4-3-7-15-10(13)2/h3-8,18H,1-2H3,(H,16,17). The van der Waals surface area contributed by atoms with E-state index in [2.05, 4.69) is 22.9 Å². The molecule has 2 rings (SSSR count). The van der Waals surface area contributed by atoms with Crippen LogP contribution in [0.5, 0.6) is 0 Å². The zero-order valence-electron chi connectivity index (χ0n) is 10.3. The van der Waals surface area contributed by atoms with Gasteiger partial charge in [-0.15, -0.1) is 12.6 Å². The van der Waals surface area contributed by atoms with Crippen LogP contribution >= 0.6 is 12.6 Å². The summed E-state index contributed by atoms with van der Waals surface area (Å²) in [6.45, 7) is 3.76. The van der Waals surface area contributed by atoms with E-state index in [1.54, 1.807) is 18.3 Å². The van der Waals surface area contributed by atoms with Gasteiger partial charge in [0.05, 0.1) is 11.4 Å². The molecule has 92 valence electrons. The van der Waals surface area contributed by atoms with Crippen molar-refractivity contribution in [1.82, 2.24) is 4.98 Å². The van der Waals surface area contributed by atoms with E-state index in [9.17, 15) is 4.79 Å². The fourth-order valence-electron chi connectivity index (χ4n) is 1.66. The molecule has 0 aliphatic rings. The van der Waals surface area contributed by atoms with Crippen molar-refractivity contribution < 1.29 is 4.79 Å². The second kappa shape index (κ2) is 5.23. The molecule has 0 aliphatic carbocycles. The molecule has 1 amide bonds. The zero-order valence-corrected chi connectivity index (χ0v) is 11.2. The average Bonchev–Trinajstić information content (AvgIpc) is 2.35. The number of amides is 1. The van der Waals surface area contributed by atoms with E-state index in [0.717, 1.165) is 21.8 Å². The van der Waals surface area contributed by atoms with Gasteiger partial charge < -0.3 is 5.32 Å². The third-order valence-electron chi connectivity index (χ3n) is 2.72. The van der Waals surface area contributed by atoms with Crippen LogP contribution in [0.1, 0.15) is 21.6 Å². The van der Waals surface area contributed by atoms with Crippen molar-refractivity contribution >= 4 is 24.2 Å². The summed E-state index contributed by atoms with van der Waals surface area (Å²) in [6.07, 6.45) is 1.70. The van der Waals surface area contributed by atoms with Crippen LogP contribution in [0.2, 0.25) is 0 Å². The van der Waals surface area contributed by atoms with Crippen LogP contribution in [-0.4, -0.2) is 10.9 Å². The third kappa shape index (κ3) is 2.71. The van der Waals surface area contributed by atoms with Gasteiger partial charge in [0.25, 0.3) is 5.91 Å². The van der Waals surface area contributed by atoms with Gasteiger partial charge in [-0.1, -0.05) is 6.07 Å². The first-order valence-electron chi connectivity index (χ1n) is 5.60. The normalized spacial score (nSPS) is 10.2. The molecule has 0 saturated carbocycles. The summed E-state index contributed by atoms with van der Waals surface area (Å²) in [4.78, 5) is 17.1. The van der Waals surface area contributed by atoms with Gasteiger partial charge in [-0.25, -0.2) is 0 Å². The average molecular weight is 258 g/mol. The number of hydrogen-bond acceptors (Lipinski definition) is 3. The number of aromatic nitrogens is 1. The summed E-state index contributed by atoms with van der Waals surface area (Å²) >= 11 is 4.25. The highest BCUT2D eigenvalue weighted by Gasteiger charge is 2.10. The highest BCUT2D eigenvalue weighted by molar-refractivity contribution is 7.80. The molecule has 0 radical (unpaired) electrons. The Kier molecular flexibility index (Phi) is 3.67. The Labute approximate surface area is 112 Å². The topological polar surface area (TPSA) is 42.0 Å². The number of aryl methyl sites for hydroxylation is 2. The van der Waals surface area contributed by atoms with E-state index in [4.69, 9.17) is 0 Å². The van der Waals surface area contributed by atoms with Crippen LogP contribution < -0.4 is 5.32 Å². The molecular weight excluding hydrogens is 244 g/mol. The predicted molar refractivity (Wildman–Crippen MR) is 75.4 cm³/mol. The Bertz CT molecular complexity index is 596. The van der Waals surface area contributed by atoms with Crippen molar-refractivity contribution in [2.24, 2.45) is 0 Å². The number of pyridine rings is 1. The van der Waals surface area contributed by atoms with Crippen molar-refractivity contribution in [1.29, 1.82) is 0 Å². The minimum atomic E-state index is -0.139. The van der Waals surface area contributed by atoms with E-state index >= 15 is 0 Å². The number of thiol groups is 1. The number of benzene rings is 1. The largest absolute Gasteiger partial charge is 0.320 e. The molecule has 0 spiro atoms. The fourth-order valence-corrected chi connectivity index (χ4v) is 1.86. The lowest BCUT2D eigenvalue weighted by atomic mass is 10.1. The molecule has 2 aromatic rings. The van der Waals surface area contributed by atoms with E-state index in [1.165, 1.54) is 0 Å². The number of nitrogens with one attached hydrogen (secondary N) is 1. The Morgan fingerprint density at radius 2 is 2.06 bits per heavy atom. The number of rotatable bonds is 2. The van der Waals surface area contributed by atoms with Crippen LogP contribution in [-0.2, 0) is 0 Å². The second-order valence-electron chi connectivity index (χ2n) is 4.09. The van der Waals surface area contributed by atoms with Gasteiger partial charge in [0.15, 0.2) is 0 Å². The van der Waals surface area contributed by atoms with Gasteiger partial charge in [-0.2, -0.15) is 0 Å². The highest BCUT2D eigenvalue weighted by atomic mass is 32.1. The molecule has 0 bridgehead atoms. The van der Waals surface area contributed by atoms with Crippen molar-refractivity contribution in [3.8, 4) is 0 Å².